The topological polar surface area (TPSA) is 72.5 Å². The standard InChI is InChI=1S/C18H16FNO4/c1-11-6-7-14(9-16(11)19)18(23)24-10-17(22)20-15-5-3-4-13(8-15)12(2)21/h3-9H,10H2,1-2H3,(H,20,22). The molecule has 2 aromatic rings. The highest BCUT2D eigenvalue weighted by Gasteiger charge is 2.12. The SMILES string of the molecule is CC(=O)c1cccc(NC(=O)COC(=O)c2ccc(C)c(F)c2)c1. The Morgan fingerprint density at radius 3 is 2.50 bits per heavy atom. The van der Waals surface area contributed by atoms with Crippen LogP contribution in [0.1, 0.15) is 33.2 Å². The van der Waals surface area contributed by atoms with Crippen molar-refractivity contribution in [2.75, 3.05) is 11.9 Å². The smallest absolute Gasteiger partial charge is 0.338 e. The van der Waals surface area contributed by atoms with E-state index in [0.29, 0.717) is 16.8 Å². The first-order chi connectivity index (χ1) is 11.4. The van der Waals surface area contributed by atoms with Crippen LogP contribution in [-0.4, -0.2) is 24.3 Å². The number of ketones is 1. The van der Waals surface area contributed by atoms with Gasteiger partial charge in [-0.15, -0.1) is 0 Å². The summed E-state index contributed by atoms with van der Waals surface area (Å²) in [5, 5.41) is 2.52. The number of Topliss-reactive ketones (excluding diaryl/α,β-unsaturated/α-hetero) is 1. The molecule has 0 bridgehead atoms. The van der Waals surface area contributed by atoms with Crippen LogP contribution in [0.2, 0.25) is 0 Å². The molecule has 0 radical (unpaired) electrons. The van der Waals surface area contributed by atoms with Gasteiger partial charge in [0, 0.05) is 11.3 Å². The number of esters is 1. The maximum atomic E-state index is 13.4. The number of amides is 1. The molecule has 2 aromatic carbocycles. The van der Waals surface area contributed by atoms with E-state index >= 15 is 0 Å². The van der Waals surface area contributed by atoms with Crippen molar-refractivity contribution < 1.29 is 23.5 Å². The largest absolute Gasteiger partial charge is 0.452 e. The second-order valence-electron chi connectivity index (χ2n) is 5.23. The minimum absolute atomic E-state index is 0.0319. The van der Waals surface area contributed by atoms with Crippen molar-refractivity contribution in [3.05, 3.63) is 65.0 Å². The van der Waals surface area contributed by atoms with Crippen molar-refractivity contribution in [2.45, 2.75) is 13.8 Å². The van der Waals surface area contributed by atoms with Crippen LogP contribution in [-0.2, 0) is 9.53 Å². The second-order valence-corrected chi connectivity index (χ2v) is 5.23. The third kappa shape index (κ3) is 4.49. The lowest BCUT2D eigenvalue weighted by atomic mass is 10.1. The summed E-state index contributed by atoms with van der Waals surface area (Å²) >= 11 is 0. The summed E-state index contributed by atoms with van der Waals surface area (Å²) in [6.07, 6.45) is 0. The quantitative estimate of drug-likeness (QED) is 0.676. The molecule has 0 saturated heterocycles. The second kappa shape index (κ2) is 7.50. The van der Waals surface area contributed by atoms with E-state index in [9.17, 15) is 18.8 Å². The number of carbonyl (C=O) groups is 3. The summed E-state index contributed by atoms with van der Waals surface area (Å²) in [6.45, 7) is 2.48. The molecule has 0 heterocycles. The molecule has 0 aliphatic heterocycles. The molecule has 24 heavy (non-hydrogen) atoms. The Kier molecular flexibility index (Phi) is 5.42. The Morgan fingerprint density at radius 2 is 1.83 bits per heavy atom. The first-order valence-electron chi connectivity index (χ1n) is 7.21. The van der Waals surface area contributed by atoms with Crippen LogP contribution in [0.4, 0.5) is 10.1 Å². The summed E-state index contributed by atoms with van der Waals surface area (Å²) in [5.74, 6) is -1.99. The van der Waals surface area contributed by atoms with Crippen LogP contribution in [0.25, 0.3) is 0 Å². The normalized spacial score (nSPS) is 10.1. The van der Waals surface area contributed by atoms with Gasteiger partial charge in [0.1, 0.15) is 5.82 Å². The Hall–Kier alpha value is -3.02. The lowest BCUT2D eigenvalue weighted by Gasteiger charge is -2.08. The average molecular weight is 329 g/mol. The van der Waals surface area contributed by atoms with Gasteiger partial charge in [-0.3, -0.25) is 9.59 Å². The lowest BCUT2D eigenvalue weighted by Crippen LogP contribution is -2.21. The van der Waals surface area contributed by atoms with Gasteiger partial charge in [-0.2, -0.15) is 0 Å². The monoisotopic (exact) mass is 329 g/mol. The zero-order valence-corrected chi connectivity index (χ0v) is 13.3. The van der Waals surface area contributed by atoms with Gasteiger partial charge < -0.3 is 10.1 Å². The van der Waals surface area contributed by atoms with Gasteiger partial charge in [0.15, 0.2) is 12.4 Å². The fourth-order valence-electron chi connectivity index (χ4n) is 1.95. The molecule has 0 aliphatic rings. The number of aryl methyl sites for hydroxylation is 1. The van der Waals surface area contributed by atoms with E-state index in [1.807, 2.05) is 0 Å². The molecule has 0 spiro atoms. The number of carbonyl (C=O) groups excluding carboxylic acids is 3. The zero-order chi connectivity index (χ0) is 17.7. The van der Waals surface area contributed by atoms with Gasteiger partial charge >= 0.3 is 5.97 Å². The molecule has 0 unspecified atom stereocenters. The number of rotatable bonds is 5. The number of benzene rings is 2. The fourth-order valence-corrected chi connectivity index (χ4v) is 1.95. The average Bonchev–Trinajstić information content (AvgIpc) is 2.55. The van der Waals surface area contributed by atoms with Crippen molar-refractivity contribution in [1.29, 1.82) is 0 Å². The van der Waals surface area contributed by atoms with E-state index in [1.165, 1.54) is 25.1 Å². The molecule has 0 atom stereocenters. The number of hydrogen-bond acceptors (Lipinski definition) is 4. The summed E-state index contributed by atoms with van der Waals surface area (Å²) in [7, 11) is 0. The van der Waals surface area contributed by atoms with Gasteiger partial charge in [-0.05, 0) is 43.7 Å². The van der Waals surface area contributed by atoms with Crippen molar-refractivity contribution in [2.24, 2.45) is 0 Å². The molecule has 6 heteroatoms. The van der Waals surface area contributed by atoms with E-state index in [2.05, 4.69) is 5.32 Å². The summed E-state index contributed by atoms with van der Waals surface area (Å²) in [4.78, 5) is 34.9. The summed E-state index contributed by atoms with van der Waals surface area (Å²) < 4.78 is 18.3. The molecular formula is C18H16FNO4. The number of anilines is 1. The van der Waals surface area contributed by atoms with E-state index in [1.54, 1.807) is 25.1 Å². The Labute approximate surface area is 138 Å². The number of nitrogens with one attached hydrogen (secondary N) is 1. The van der Waals surface area contributed by atoms with Crippen LogP contribution in [0, 0.1) is 12.7 Å². The minimum Gasteiger partial charge on any atom is -0.452 e. The van der Waals surface area contributed by atoms with Crippen LogP contribution in [0.15, 0.2) is 42.5 Å². The van der Waals surface area contributed by atoms with Gasteiger partial charge in [-0.25, -0.2) is 9.18 Å². The van der Waals surface area contributed by atoms with Crippen LogP contribution >= 0.6 is 0 Å². The molecule has 1 N–H and O–H groups in total. The maximum absolute atomic E-state index is 13.4. The molecule has 2 rings (SSSR count). The predicted molar refractivity (Wildman–Crippen MR) is 86.5 cm³/mol. The predicted octanol–water partition coefficient (Wildman–Crippen LogP) is 3.13. The number of halogens is 1. The lowest BCUT2D eigenvalue weighted by molar-refractivity contribution is -0.119. The van der Waals surface area contributed by atoms with Crippen molar-refractivity contribution >= 4 is 23.3 Å². The highest BCUT2D eigenvalue weighted by molar-refractivity contribution is 5.98. The van der Waals surface area contributed by atoms with Crippen LogP contribution in [0.5, 0.6) is 0 Å². The van der Waals surface area contributed by atoms with Gasteiger partial charge in [0.2, 0.25) is 0 Å². The van der Waals surface area contributed by atoms with E-state index in [0.717, 1.165) is 6.07 Å². The maximum Gasteiger partial charge on any atom is 0.338 e. The van der Waals surface area contributed by atoms with Crippen molar-refractivity contribution in [3.63, 3.8) is 0 Å². The van der Waals surface area contributed by atoms with Gasteiger partial charge in [-0.1, -0.05) is 18.2 Å². The molecule has 0 aromatic heterocycles. The molecule has 5 nitrogen and oxygen atoms in total. The highest BCUT2D eigenvalue weighted by atomic mass is 19.1. The van der Waals surface area contributed by atoms with E-state index < -0.39 is 24.3 Å². The first-order valence-corrected chi connectivity index (χ1v) is 7.21. The minimum atomic E-state index is -0.790. The van der Waals surface area contributed by atoms with Crippen molar-refractivity contribution in [3.8, 4) is 0 Å². The van der Waals surface area contributed by atoms with Gasteiger partial charge in [0.25, 0.3) is 5.91 Å². The van der Waals surface area contributed by atoms with Crippen LogP contribution in [0.3, 0.4) is 0 Å². The molecule has 0 fully saturated rings. The highest BCUT2D eigenvalue weighted by Crippen LogP contribution is 2.12. The van der Waals surface area contributed by atoms with Crippen LogP contribution < -0.4 is 5.32 Å². The molecule has 0 saturated carbocycles. The molecule has 1 amide bonds. The van der Waals surface area contributed by atoms with E-state index in [4.69, 9.17) is 4.74 Å². The Bertz CT molecular complexity index is 801. The Morgan fingerprint density at radius 1 is 1.08 bits per heavy atom. The molecular weight excluding hydrogens is 313 g/mol. The number of hydrogen-bond donors (Lipinski definition) is 1. The van der Waals surface area contributed by atoms with Crippen molar-refractivity contribution in [1.82, 2.24) is 0 Å². The molecule has 0 aliphatic carbocycles. The summed E-state index contributed by atoms with van der Waals surface area (Å²) in [5.41, 5.74) is 1.32. The Balaban J connectivity index is 1.93. The summed E-state index contributed by atoms with van der Waals surface area (Å²) in [6, 6.07) is 10.3. The third-order valence-corrected chi connectivity index (χ3v) is 3.29. The first kappa shape index (κ1) is 17.3. The number of ether oxygens (including phenoxy) is 1. The van der Waals surface area contributed by atoms with Gasteiger partial charge in [0.05, 0.1) is 5.56 Å². The zero-order valence-electron chi connectivity index (χ0n) is 13.3. The fraction of sp³-hybridized carbons (Fsp3) is 0.167. The van der Waals surface area contributed by atoms with E-state index in [-0.39, 0.29) is 11.3 Å². The molecule has 124 valence electrons. The third-order valence-electron chi connectivity index (χ3n) is 3.29.